The van der Waals surface area contributed by atoms with Gasteiger partial charge in [-0.1, -0.05) is 59.7 Å². The first-order valence-corrected chi connectivity index (χ1v) is 11.1. The standard InChI is InChI=1S/C21H20N4O2S2/c1-4-10-25-20(26)18-15(14-8-6-13(3)7-9-14)11-28-19(18)23-21(25)29-12-17-22-16(5-2)24-27-17/h4,6-9,11H,1,5,10,12H2,2-3H3. The lowest BCUT2D eigenvalue weighted by atomic mass is 10.1. The van der Waals surface area contributed by atoms with Crippen molar-refractivity contribution in [1.29, 1.82) is 0 Å². The monoisotopic (exact) mass is 424 g/mol. The van der Waals surface area contributed by atoms with Crippen LogP contribution in [-0.4, -0.2) is 19.7 Å². The lowest BCUT2D eigenvalue weighted by Crippen LogP contribution is -2.22. The zero-order valence-electron chi connectivity index (χ0n) is 16.2. The summed E-state index contributed by atoms with van der Waals surface area (Å²) in [6.07, 6.45) is 2.43. The van der Waals surface area contributed by atoms with E-state index in [1.165, 1.54) is 28.7 Å². The maximum atomic E-state index is 13.3. The van der Waals surface area contributed by atoms with Crippen molar-refractivity contribution in [2.24, 2.45) is 0 Å². The number of aryl methyl sites for hydroxylation is 2. The second kappa shape index (κ2) is 8.34. The van der Waals surface area contributed by atoms with E-state index in [9.17, 15) is 4.79 Å². The second-order valence-electron chi connectivity index (χ2n) is 6.54. The number of rotatable bonds is 7. The van der Waals surface area contributed by atoms with Crippen LogP contribution in [0.1, 0.15) is 24.2 Å². The Morgan fingerprint density at radius 2 is 2.07 bits per heavy atom. The Hall–Kier alpha value is -2.71. The first kappa shape index (κ1) is 19.6. The molecule has 1 aromatic carbocycles. The van der Waals surface area contributed by atoms with Crippen LogP contribution in [0.2, 0.25) is 0 Å². The molecule has 8 heteroatoms. The smallest absolute Gasteiger partial charge is 0.263 e. The zero-order valence-corrected chi connectivity index (χ0v) is 17.8. The fourth-order valence-electron chi connectivity index (χ4n) is 2.97. The van der Waals surface area contributed by atoms with E-state index in [0.717, 1.165) is 22.4 Å². The van der Waals surface area contributed by atoms with Gasteiger partial charge in [-0.2, -0.15) is 4.98 Å². The molecule has 0 amide bonds. The average Bonchev–Trinajstić information content (AvgIpc) is 3.36. The third-order valence-corrected chi connectivity index (χ3v) is 6.32. The van der Waals surface area contributed by atoms with Crippen LogP contribution in [0.4, 0.5) is 0 Å². The van der Waals surface area contributed by atoms with Crippen molar-refractivity contribution in [2.75, 3.05) is 0 Å². The van der Waals surface area contributed by atoms with Crippen molar-refractivity contribution < 1.29 is 4.52 Å². The van der Waals surface area contributed by atoms with Crippen LogP contribution in [-0.2, 0) is 18.7 Å². The summed E-state index contributed by atoms with van der Waals surface area (Å²) in [6, 6.07) is 8.18. The molecule has 3 aromatic heterocycles. The van der Waals surface area contributed by atoms with Gasteiger partial charge in [0.1, 0.15) is 4.83 Å². The lowest BCUT2D eigenvalue weighted by molar-refractivity contribution is 0.385. The van der Waals surface area contributed by atoms with E-state index in [1.54, 1.807) is 10.6 Å². The largest absolute Gasteiger partial charge is 0.338 e. The molecule has 148 valence electrons. The summed E-state index contributed by atoms with van der Waals surface area (Å²) in [6.45, 7) is 8.20. The molecule has 0 N–H and O–H groups in total. The highest BCUT2D eigenvalue weighted by Crippen LogP contribution is 2.32. The van der Waals surface area contributed by atoms with Gasteiger partial charge in [0.25, 0.3) is 5.56 Å². The number of aromatic nitrogens is 4. The number of benzene rings is 1. The minimum atomic E-state index is -0.0611. The molecular weight excluding hydrogens is 404 g/mol. The molecule has 0 aliphatic heterocycles. The van der Waals surface area contributed by atoms with Gasteiger partial charge in [0, 0.05) is 23.9 Å². The van der Waals surface area contributed by atoms with Crippen molar-refractivity contribution in [3.8, 4) is 11.1 Å². The molecule has 0 atom stereocenters. The molecule has 0 unspecified atom stereocenters. The summed E-state index contributed by atoms with van der Waals surface area (Å²) >= 11 is 2.90. The van der Waals surface area contributed by atoms with Gasteiger partial charge in [-0.05, 0) is 12.5 Å². The maximum Gasteiger partial charge on any atom is 0.263 e. The van der Waals surface area contributed by atoms with E-state index in [0.29, 0.717) is 34.6 Å². The maximum absolute atomic E-state index is 13.3. The Bertz CT molecular complexity index is 1220. The predicted molar refractivity (Wildman–Crippen MR) is 117 cm³/mol. The Kier molecular flexibility index (Phi) is 5.64. The third-order valence-electron chi connectivity index (χ3n) is 4.48. The lowest BCUT2D eigenvalue weighted by Gasteiger charge is -2.10. The first-order valence-electron chi connectivity index (χ1n) is 9.25. The summed E-state index contributed by atoms with van der Waals surface area (Å²) in [5.41, 5.74) is 3.06. The Labute approximate surface area is 176 Å². The molecule has 0 spiro atoms. The first-order chi connectivity index (χ1) is 14.1. The molecule has 0 fully saturated rings. The highest BCUT2D eigenvalue weighted by Gasteiger charge is 2.18. The summed E-state index contributed by atoms with van der Waals surface area (Å²) in [4.78, 5) is 23.2. The van der Waals surface area contributed by atoms with Crippen LogP contribution in [0, 0.1) is 6.92 Å². The van der Waals surface area contributed by atoms with Crippen LogP contribution in [0.25, 0.3) is 21.3 Å². The normalized spacial score (nSPS) is 11.2. The van der Waals surface area contributed by atoms with Crippen LogP contribution in [0.5, 0.6) is 0 Å². The molecule has 0 saturated carbocycles. The highest BCUT2D eigenvalue weighted by molar-refractivity contribution is 7.98. The van der Waals surface area contributed by atoms with Gasteiger partial charge < -0.3 is 4.52 Å². The molecule has 0 aliphatic rings. The molecule has 6 nitrogen and oxygen atoms in total. The Balaban J connectivity index is 1.75. The number of fused-ring (bicyclic) bond motifs is 1. The number of thiophene rings is 1. The number of hydrogen-bond acceptors (Lipinski definition) is 7. The molecule has 4 rings (SSSR count). The molecular formula is C21H20N4O2S2. The van der Waals surface area contributed by atoms with Crippen molar-refractivity contribution in [2.45, 2.75) is 37.7 Å². The summed E-state index contributed by atoms with van der Waals surface area (Å²) in [5.74, 6) is 1.66. The van der Waals surface area contributed by atoms with E-state index in [1.807, 2.05) is 43.5 Å². The molecule has 3 heterocycles. The molecule has 0 aliphatic carbocycles. The van der Waals surface area contributed by atoms with Crippen molar-refractivity contribution >= 4 is 33.3 Å². The SMILES string of the molecule is C=CCn1c(SCc2nc(CC)no2)nc2scc(-c3ccc(C)cc3)c2c1=O. The van der Waals surface area contributed by atoms with E-state index >= 15 is 0 Å². The van der Waals surface area contributed by atoms with Gasteiger partial charge in [-0.25, -0.2) is 4.98 Å². The fraction of sp³-hybridized carbons (Fsp3) is 0.238. The summed E-state index contributed by atoms with van der Waals surface area (Å²) in [5, 5.41) is 7.19. The topological polar surface area (TPSA) is 73.8 Å². The molecule has 0 radical (unpaired) electrons. The van der Waals surface area contributed by atoms with Gasteiger partial charge in [0.05, 0.1) is 11.1 Å². The number of nitrogens with zero attached hydrogens (tertiary/aromatic N) is 4. The van der Waals surface area contributed by atoms with Crippen LogP contribution >= 0.6 is 23.1 Å². The zero-order chi connectivity index (χ0) is 20.4. The van der Waals surface area contributed by atoms with E-state index in [-0.39, 0.29) is 5.56 Å². The average molecular weight is 425 g/mol. The number of hydrogen-bond donors (Lipinski definition) is 0. The van der Waals surface area contributed by atoms with Crippen LogP contribution in [0.15, 0.2) is 56.8 Å². The van der Waals surface area contributed by atoms with Crippen LogP contribution in [0.3, 0.4) is 0 Å². The molecule has 0 bridgehead atoms. The van der Waals surface area contributed by atoms with Crippen molar-refractivity contribution in [3.05, 3.63) is 69.9 Å². The van der Waals surface area contributed by atoms with Gasteiger partial charge in [0.15, 0.2) is 11.0 Å². The Morgan fingerprint density at radius 1 is 1.28 bits per heavy atom. The van der Waals surface area contributed by atoms with Gasteiger partial charge >= 0.3 is 0 Å². The fourth-order valence-corrected chi connectivity index (χ4v) is 4.80. The van der Waals surface area contributed by atoms with E-state index in [2.05, 4.69) is 16.7 Å². The highest BCUT2D eigenvalue weighted by atomic mass is 32.2. The summed E-state index contributed by atoms with van der Waals surface area (Å²) in [7, 11) is 0. The minimum absolute atomic E-state index is 0.0611. The minimum Gasteiger partial charge on any atom is -0.338 e. The third kappa shape index (κ3) is 3.90. The molecule has 4 aromatic rings. The van der Waals surface area contributed by atoms with Crippen molar-refractivity contribution in [1.82, 2.24) is 19.7 Å². The van der Waals surface area contributed by atoms with Gasteiger partial charge in [-0.3, -0.25) is 9.36 Å². The molecule has 0 saturated heterocycles. The van der Waals surface area contributed by atoms with E-state index < -0.39 is 0 Å². The molecule has 29 heavy (non-hydrogen) atoms. The predicted octanol–water partition coefficient (Wildman–Crippen LogP) is 4.86. The number of allylic oxidation sites excluding steroid dienone is 1. The van der Waals surface area contributed by atoms with Crippen LogP contribution < -0.4 is 5.56 Å². The van der Waals surface area contributed by atoms with Gasteiger partial charge in [0.2, 0.25) is 5.89 Å². The Morgan fingerprint density at radius 3 is 2.76 bits per heavy atom. The number of thioether (sulfide) groups is 1. The summed E-state index contributed by atoms with van der Waals surface area (Å²) < 4.78 is 6.91. The second-order valence-corrected chi connectivity index (χ2v) is 8.34. The van der Waals surface area contributed by atoms with E-state index in [4.69, 9.17) is 9.51 Å². The quantitative estimate of drug-likeness (QED) is 0.240. The van der Waals surface area contributed by atoms with Gasteiger partial charge in [-0.15, -0.1) is 17.9 Å². The van der Waals surface area contributed by atoms with Crippen molar-refractivity contribution in [3.63, 3.8) is 0 Å².